The number of ketones is 1. The summed E-state index contributed by atoms with van der Waals surface area (Å²) >= 11 is 3.28. The third-order valence-electron chi connectivity index (χ3n) is 6.93. The van der Waals surface area contributed by atoms with Gasteiger partial charge in [-0.1, -0.05) is 13.0 Å². The lowest BCUT2D eigenvalue weighted by Gasteiger charge is -2.26. The van der Waals surface area contributed by atoms with Crippen molar-refractivity contribution in [1.29, 1.82) is 0 Å². The number of piperidine rings is 1. The molecule has 1 saturated carbocycles. The number of aromatic nitrogens is 3. The molecule has 1 aliphatic carbocycles. The number of benzene rings is 1. The largest absolute Gasteiger partial charge is 0.481 e. The number of hydrogen-bond acceptors (Lipinski definition) is 7. The average Bonchev–Trinajstić information content (AvgIpc) is 3.20. The van der Waals surface area contributed by atoms with Crippen molar-refractivity contribution in [3.63, 3.8) is 0 Å². The summed E-state index contributed by atoms with van der Waals surface area (Å²) in [7, 11) is -4.41. The first-order valence-electron chi connectivity index (χ1n) is 11.8. The van der Waals surface area contributed by atoms with Crippen LogP contribution in [-0.4, -0.2) is 65.5 Å². The molecule has 1 aromatic carbocycles. The van der Waals surface area contributed by atoms with E-state index in [0.717, 1.165) is 6.42 Å². The molecule has 2 amide bonds. The van der Waals surface area contributed by atoms with Crippen molar-refractivity contribution in [3.8, 4) is 5.75 Å². The van der Waals surface area contributed by atoms with Crippen LogP contribution in [0.2, 0.25) is 0 Å². The Morgan fingerprint density at radius 1 is 1.24 bits per heavy atom. The van der Waals surface area contributed by atoms with Crippen LogP contribution >= 0.6 is 23.5 Å². The van der Waals surface area contributed by atoms with Crippen molar-refractivity contribution >= 4 is 57.8 Å². The van der Waals surface area contributed by atoms with Crippen LogP contribution in [0.15, 0.2) is 41.0 Å². The summed E-state index contributed by atoms with van der Waals surface area (Å²) in [6.45, 7) is 3.17. The van der Waals surface area contributed by atoms with E-state index in [1.807, 2.05) is 6.92 Å². The maximum absolute atomic E-state index is 13.6. The number of nitrogens with zero attached hydrogens (tertiary/aromatic N) is 4. The van der Waals surface area contributed by atoms with Gasteiger partial charge >= 0.3 is 7.60 Å². The van der Waals surface area contributed by atoms with Gasteiger partial charge in [0.05, 0.1) is 5.52 Å². The predicted molar refractivity (Wildman–Crippen MR) is 140 cm³/mol. The summed E-state index contributed by atoms with van der Waals surface area (Å²) < 4.78 is 18.4. The van der Waals surface area contributed by atoms with Crippen molar-refractivity contribution in [1.82, 2.24) is 19.7 Å². The molecule has 0 radical (unpaired) electrons. The van der Waals surface area contributed by atoms with Gasteiger partial charge in [-0.3, -0.25) is 23.6 Å². The standard InChI is InChI=1S/C24H25BrN5O7P/c1-13(31)22-15-7-6-14(37-12-38(34,35)36)8-16(15)29(28-22)11-21(32)30-17(9-24(2)10-18(24)30)23(33)27-20-5-3-4-19(25)26-20/h3-8,17-18H,9-12H2,1-2H3,(H,26,27,33)(H2,34,35,36)/t17-,18+,24-/m0/s1. The molecule has 1 aliphatic heterocycles. The highest BCUT2D eigenvalue weighted by molar-refractivity contribution is 9.10. The second-order valence-electron chi connectivity index (χ2n) is 9.91. The van der Waals surface area contributed by atoms with Crippen molar-refractivity contribution in [2.75, 3.05) is 11.7 Å². The molecule has 3 aromatic rings. The Labute approximate surface area is 225 Å². The molecule has 200 valence electrons. The van der Waals surface area contributed by atoms with Gasteiger partial charge < -0.3 is 24.7 Å². The maximum atomic E-state index is 13.6. The second kappa shape index (κ2) is 9.57. The molecule has 3 N–H and O–H groups in total. The molecular formula is C24H25BrN5O7P. The minimum Gasteiger partial charge on any atom is -0.481 e. The first-order chi connectivity index (χ1) is 17.8. The number of hydrogen-bond donors (Lipinski definition) is 3. The minimum atomic E-state index is -4.41. The Morgan fingerprint density at radius 3 is 2.68 bits per heavy atom. The molecule has 3 atom stereocenters. The lowest BCUT2D eigenvalue weighted by molar-refractivity contribution is -0.138. The summed E-state index contributed by atoms with van der Waals surface area (Å²) in [5.41, 5.74) is 0.397. The number of halogens is 1. The summed E-state index contributed by atoms with van der Waals surface area (Å²) in [6.07, 6.45) is 0.488. The zero-order chi connectivity index (χ0) is 27.4. The van der Waals surface area contributed by atoms with E-state index >= 15 is 0 Å². The molecule has 1 saturated heterocycles. The quantitative estimate of drug-likeness (QED) is 0.199. The number of carbonyl (C=O) groups excluding carboxylic acids is 3. The van der Waals surface area contributed by atoms with Gasteiger partial charge in [-0.25, -0.2) is 4.98 Å². The van der Waals surface area contributed by atoms with Gasteiger partial charge in [0.2, 0.25) is 11.8 Å². The molecule has 2 fully saturated rings. The van der Waals surface area contributed by atoms with Crippen LogP contribution < -0.4 is 10.1 Å². The molecule has 12 nitrogen and oxygen atoms in total. The first kappa shape index (κ1) is 26.5. The van der Waals surface area contributed by atoms with Gasteiger partial charge in [0.1, 0.15) is 34.5 Å². The molecule has 14 heteroatoms. The molecule has 0 spiro atoms. The Morgan fingerprint density at radius 2 is 2.00 bits per heavy atom. The molecule has 0 bridgehead atoms. The van der Waals surface area contributed by atoms with Gasteiger partial charge in [0.25, 0.3) is 0 Å². The van der Waals surface area contributed by atoms with E-state index in [1.165, 1.54) is 23.7 Å². The van der Waals surface area contributed by atoms with Crippen LogP contribution in [0.5, 0.6) is 5.75 Å². The summed E-state index contributed by atoms with van der Waals surface area (Å²) in [5.74, 6) is -0.451. The Bertz CT molecular complexity index is 1520. The Hall–Kier alpha value is -3.12. The van der Waals surface area contributed by atoms with E-state index in [0.29, 0.717) is 27.7 Å². The Balaban J connectivity index is 1.41. The minimum absolute atomic E-state index is 0.0857. The zero-order valence-electron chi connectivity index (χ0n) is 20.5. The van der Waals surface area contributed by atoms with Crippen LogP contribution in [0.3, 0.4) is 0 Å². The van der Waals surface area contributed by atoms with Gasteiger partial charge in [-0.15, -0.1) is 0 Å². The Kier molecular flexibility index (Phi) is 6.67. The average molecular weight is 606 g/mol. The summed E-state index contributed by atoms with van der Waals surface area (Å²) in [5, 5.41) is 7.61. The number of carbonyl (C=O) groups is 3. The normalized spacial score (nSPS) is 22.3. The SMILES string of the molecule is CC(=O)c1nn(CC(=O)N2[C@H](C(=O)Nc3cccc(Br)n3)C[C@@]3(C)C[C@@H]23)c2cc(OCP(=O)(O)O)ccc12. The highest BCUT2D eigenvalue weighted by Gasteiger charge is 2.64. The zero-order valence-corrected chi connectivity index (χ0v) is 23.0. The fourth-order valence-electron chi connectivity index (χ4n) is 5.04. The van der Waals surface area contributed by atoms with Crippen molar-refractivity contribution in [2.24, 2.45) is 5.41 Å². The number of likely N-dealkylation sites (tertiary alicyclic amines) is 1. The van der Waals surface area contributed by atoms with E-state index < -0.39 is 20.0 Å². The predicted octanol–water partition coefficient (Wildman–Crippen LogP) is 2.93. The first-order valence-corrected chi connectivity index (χ1v) is 14.4. The number of rotatable bonds is 8. The van der Waals surface area contributed by atoms with Crippen LogP contribution in [-0.2, 0) is 20.7 Å². The molecule has 5 rings (SSSR count). The maximum Gasteiger partial charge on any atom is 0.362 e. The number of pyridine rings is 1. The second-order valence-corrected chi connectivity index (χ2v) is 12.3. The van der Waals surface area contributed by atoms with Crippen LogP contribution in [0.4, 0.5) is 5.82 Å². The van der Waals surface area contributed by atoms with Crippen molar-refractivity contribution in [2.45, 2.75) is 45.3 Å². The fraction of sp³-hybridized carbons (Fsp3) is 0.375. The van der Waals surface area contributed by atoms with Crippen molar-refractivity contribution in [3.05, 3.63) is 46.7 Å². The topological polar surface area (TPSA) is 164 Å². The number of anilines is 1. The van der Waals surface area contributed by atoms with E-state index in [-0.39, 0.29) is 47.0 Å². The van der Waals surface area contributed by atoms with Crippen LogP contribution in [0, 0.1) is 5.41 Å². The van der Waals surface area contributed by atoms with Gasteiger partial charge in [-0.2, -0.15) is 5.10 Å². The fourth-order valence-corrected chi connectivity index (χ4v) is 5.70. The van der Waals surface area contributed by atoms with E-state index in [2.05, 4.69) is 31.3 Å². The molecular weight excluding hydrogens is 581 g/mol. The van der Waals surface area contributed by atoms with Gasteiger partial charge in [0, 0.05) is 24.4 Å². The van der Waals surface area contributed by atoms with Crippen LogP contribution in [0.1, 0.15) is 37.2 Å². The monoisotopic (exact) mass is 605 g/mol. The smallest absolute Gasteiger partial charge is 0.362 e. The van der Waals surface area contributed by atoms with Crippen molar-refractivity contribution < 1.29 is 33.5 Å². The molecule has 2 aliphatic rings. The van der Waals surface area contributed by atoms with E-state index in [1.54, 1.807) is 29.2 Å². The molecule has 2 aromatic heterocycles. The third kappa shape index (κ3) is 5.24. The number of amides is 2. The summed E-state index contributed by atoms with van der Waals surface area (Å²) in [4.78, 5) is 63.1. The molecule has 38 heavy (non-hydrogen) atoms. The highest BCUT2D eigenvalue weighted by atomic mass is 79.9. The number of Topliss-reactive ketones (excluding diaryl/α,β-unsaturated/α-hetero) is 1. The van der Waals surface area contributed by atoms with E-state index in [4.69, 9.17) is 14.5 Å². The van der Waals surface area contributed by atoms with Gasteiger partial charge in [0.15, 0.2) is 12.1 Å². The van der Waals surface area contributed by atoms with Crippen LogP contribution in [0.25, 0.3) is 10.9 Å². The lowest BCUT2D eigenvalue weighted by Crippen LogP contribution is -2.46. The summed E-state index contributed by atoms with van der Waals surface area (Å²) in [6, 6.07) is 8.89. The lowest BCUT2D eigenvalue weighted by atomic mass is 10.0. The number of fused-ring (bicyclic) bond motifs is 2. The number of ether oxygens (including phenoxy) is 1. The molecule has 3 heterocycles. The molecule has 0 unspecified atom stereocenters. The van der Waals surface area contributed by atoms with E-state index in [9.17, 15) is 18.9 Å². The van der Waals surface area contributed by atoms with Gasteiger partial charge in [-0.05, 0) is 58.5 Å². The highest BCUT2D eigenvalue weighted by Crippen LogP contribution is 2.59. The third-order valence-corrected chi connectivity index (χ3v) is 7.84. The number of nitrogens with one attached hydrogen (secondary N) is 1.